The highest BCUT2D eigenvalue weighted by atomic mass is 16.7. The van der Waals surface area contributed by atoms with Gasteiger partial charge in [0, 0.05) is 6.54 Å². The molecule has 0 aliphatic heterocycles. The first kappa shape index (κ1) is 13.5. The van der Waals surface area contributed by atoms with E-state index in [-0.39, 0.29) is 19.1 Å². The van der Waals surface area contributed by atoms with E-state index in [1.165, 1.54) is 0 Å². The summed E-state index contributed by atoms with van der Waals surface area (Å²) in [5.41, 5.74) is 1.69. The van der Waals surface area contributed by atoms with Crippen molar-refractivity contribution in [1.82, 2.24) is 10.8 Å². The number of ether oxygens (including phenoxy) is 1. The van der Waals surface area contributed by atoms with Crippen LogP contribution in [-0.2, 0) is 9.57 Å². The zero-order valence-electron chi connectivity index (χ0n) is 8.78. The molecule has 0 unspecified atom stereocenters. The second kappa shape index (κ2) is 7.86. The topological polar surface area (TPSA) is 96.9 Å². The third-order valence-electron chi connectivity index (χ3n) is 1.18. The van der Waals surface area contributed by atoms with Crippen molar-refractivity contribution in [2.45, 2.75) is 13.8 Å². The van der Waals surface area contributed by atoms with Gasteiger partial charge in [-0.25, -0.2) is 9.59 Å². The lowest BCUT2D eigenvalue weighted by atomic mass is 10.2. The Hall–Kier alpha value is -1.50. The zero-order chi connectivity index (χ0) is 11.7. The molecule has 0 atom stereocenters. The van der Waals surface area contributed by atoms with Gasteiger partial charge in [0.05, 0.1) is 13.2 Å². The molecule has 2 amide bonds. The molecule has 15 heavy (non-hydrogen) atoms. The number of carboxylic acid groups (broad SMARTS) is 1. The van der Waals surface area contributed by atoms with Crippen LogP contribution in [0.5, 0.6) is 0 Å². The van der Waals surface area contributed by atoms with E-state index in [4.69, 9.17) is 9.84 Å². The number of hydrogen-bond acceptors (Lipinski definition) is 4. The summed E-state index contributed by atoms with van der Waals surface area (Å²) in [6.45, 7) is 4.42. The van der Waals surface area contributed by atoms with Crippen LogP contribution >= 0.6 is 0 Å². The largest absolute Gasteiger partial charge is 0.464 e. The predicted molar refractivity (Wildman–Crippen MR) is 51.3 cm³/mol. The lowest BCUT2D eigenvalue weighted by molar-refractivity contribution is 0.0431. The number of hydroxylamine groups is 1. The Morgan fingerprint density at radius 2 is 2.07 bits per heavy atom. The summed E-state index contributed by atoms with van der Waals surface area (Å²) >= 11 is 0. The second-order valence-corrected chi connectivity index (χ2v) is 3.17. The van der Waals surface area contributed by atoms with Crippen molar-refractivity contribution in [2.24, 2.45) is 5.92 Å². The van der Waals surface area contributed by atoms with Gasteiger partial charge in [0.1, 0.15) is 0 Å². The van der Waals surface area contributed by atoms with Crippen LogP contribution in [-0.4, -0.2) is 37.1 Å². The van der Waals surface area contributed by atoms with Crippen molar-refractivity contribution >= 4 is 12.2 Å². The molecule has 0 aliphatic carbocycles. The quantitative estimate of drug-likeness (QED) is 0.449. The molecule has 7 nitrogen and oxygen atoms in total. The van der Waals surface area contributed by atoms with Crippen LogP contribution in [0.15, 0.2) is 0 Å². The minimum Gasteiger partial charge on any atom is -0.464 e. The fraction of sp³-hybridized carbons (Fsp3) is 0.750. The molecule has 0 fully saturated rings. The summed E-state index contributed by atoms with van der Waals surface area (Å²) in [6.07, 6.45) is -1.82. The predicted octanol–water partition coefficient (Wildman–Crippen LogP) is 0.568. The molecule has 0 aliphatic rings. The van der Waals surface area contributed by atoms with Crippen molar-refractivity contribution in [1.29, 1.82) is 0 Å². The molecule has 88 valence electrons. The molecular formula is C8H16N2O5. The molecule has 0 aromatic carbocycles. The standard InChI is InChI=1S/C8H16N2O5/c1-6(2)5-14-8(13)9-3-4-15-10-7(11)12/h6,10H,3-5H2,1-2H3,(H,9,13)(H,11,12). The number of hydrogen-bond donors (Lipinski definition) is 3. The van der Waals surface area contributed by atoms with Gasteiger partial charge in [0.15, 0.2) is 0 Å². The van der Waals surface area contributed by atoms with Crippen LogP contribution in [0.3, 0.4) is 0 Å². The summed E-state index contributed by atoms with van der Waals surface area (Å²) in [7, 11) is 0. The van der Waals surface area contributed by atoms with E-state index in [1.807, 2.05) is 13.8 Å². The van der Waals surface area contributed by atoms with Crippen LogP contribution in [0.2, 0.25) is 0 Å². The molecule has 0 spiro atoms. The van der Waals surface area contributed by atoms with Crippen LogP contribution in [0, 0.1) is 5.92 Å². The molecule has 0 aromatic rings. The smallest absolute Gasteiger partial charge is 0.428 e. The fourth-order valence-electron chi connectivity index (χ4n) is 0.610. The Balaban J connectivity index is 3.28. The molecule has 3 N–H and O–H groups in total. The normalized spacial score (nSPS) is 9.80. The molecule has 7 heteroatoms. The Bertz CT molecular complexity index is 207. The van der Waals surface area contributed by atoms with Crippen molar-refractivity contribution in [3.8, 4) is 0 Å². The van der Waals surface area contributed by atoms with Crippen LogP contribution < -0.4 is 10.8 Å². The van der Waals surface area contributed by atoms with E-state index in [2.05, 4.69) is 10.2 Å². The third kappa shape index (κ3) is 10.4. The maximum absolute atomic E-state index is 10.9. The lowest BCUT2D eigenvalue weighted by Gasteiger charge is -2.08. The highest BCUT2D eigenvalue weighted by molar-refractivity contribution is 5.67. The maximum Gasteiger partial charge on any atom is 0.428 e. The van der Waals surface area contributed by atoms with Crippen molar-refractivity contribution < 1.29 is 24.3 Å². The summed E-state index contributed by atoms with van der Waals surface area (Å²) in [5.74, 6) is 0.278. The van der Waals surface area contributed by atoms with Gasteiger partial charge in [-0.2, -0.15) is 5.48 Å². The van der Waals surface area contributed by atoms with Gasteiger partial charge in [-0.05, 0) is 5.92 Å². The number of nitrogens with one attached hydrogen (secondary N) is 2. The summed E-state index contributed by atoms with van der Waals surface area (Å²) in [6, 6.07) is 0. The highest BCUT2D eigenvalue weighted by Crippen LogP contribution is 1.91. The van der Waals surface area contributed by atoms with Crippen LogP contribution in [0.25, 0.3) is 0 Å². The minimum absolute atomic E-state index is 0.0447. The minimum atomic E-state index is -1.28. The lowest BCUT2D eigenvalue weighted by Crippen LogP contribution is -2.31. The van der Waals surface area contributed by atoms with Crippen LogP contribution in [0.1, 0.15) is 13.8 Å². The fourth-order valence-corrected chi connectivity index (χ4v) is 0.610. The van der Waals surface area contributed by atoms with Gasteiger partial charge in [-0.3, -0.25) is 4.84 Å². The van der Waals surface area contributed by atoms with E-state index in [0.29, 0.717) is 6.61 Å². The van der Waals surface area contributed by atoms with Gasteiger partial charge in [-0.1, -0.05) is 13.8 Å². The molecule has 0 heterocycles. The van der Waals surface area contributed by atoms with E-state index in [1.54, 1.807) is 5.48 Å². The molecule has 0 bridgehead atoms. The average Bonchev–Trinajstić information content (AvgIpc) is 2.13. The molecule has 0 saturated heterocycles. The maximum atomic E-state index is 10.9. The Morgan fingerprint density at radius 1 is 1.40 bits per heavy atom. The first-order chi connectivity index (χ1) is 7.02. The van der Waals surface area contributed by atoms with E-state index in [9.17, 15) is 9.59 Å². The molecule has 0 saturated carbocycles. The zero-order valence-corrected chi connectivity index (χ0v) is 8.78. The Labute approximate surface area is 87.7 Å². The van der Waals surface area contributed by atoms with Gasteiger partial charge >= 0.3 is 12.2 Å². The third-order valence-corrected chi connectivity index (χ3v) is 1.18. The Morgan fingerprint density at radius 3 is 2.60 bits per heavy atom. The van der Waals surface area contributed by atoms with Gasteiger partial charge < -0.3 is 15.2 Å². The van der Waals surface area contributed by atoms with Crippen LogP contribution in [0.4, 0.5) is 9.59 Å². The molecule has 0 radical (unpaired) electrons. The van der Waals surface area contributed by atoms with Crippen molar-refractivity contribution in [2.75, 3.05) is 19.8 Å². The SMILES string of the molecule is CC(C)COC(=O)NCCONC(=O)O. The number of alkyl carbamates (subject to hydrolysis) is 1. The number of rotatable bonds is 6. The summed E-state index contributed by atoms with van der Waals surface area (Å²) in [5, 5.41) is 10.5. The molecule has 0 aromatic heterocycles. The van der Waals surface area contributed by atoms with E-state index in [0.717, 1.165) is 0 Å². The molecule has 0 rings (SSSR count). The second-order valence-electron chi connectivity index (χ2n) is 3.17. The van der Waals surface area contributed by atoms with Gasteiger partial charge in [0.2, 0.25) is 0 Å². The van der Waals surface area contributed by atoms with Gasteiger partial charge in [0.25, 0.3) is 0 Å². The first-order valence-electron chi connectivity index (χ1n) is 4.53. The molecular weight excluding hydrogens is 204 g/mol. The first-order valence-corrected chi connectivity index (χ1v) is 4.53. The highest BCUT2D eigenvalue weighted by Gasteiger charge is 2.02. The summed E-state index contributed by atoms with van der Waals surface area (Å²) < 4.78 is 4.79. The number of amides is 2. The Kier molecular flexibility index (Phi) is 7.08. The van der Waals surface area contributed by atoms with Gasteiger partial charge in [-0.15, -0.1) is 0 Å². The van der Waals surface area contributed by atoms with E-state index >= 15 is 0 Å². The monoisotopic (exact) mass is 220 g/mol. The van der Waals surface area contributed by atoms with E-state index < -0.39 is 12.2 Å². The van der Waals surface area contributed by atoms with Crippen molar-refractivity contribution in [3.63, 3.8) is 0 Å². The number of carbonyl (C=O) groups is 2. The number of carbonyl (C=O) groups excluding carboxylic acids is 1. The van der Waals surface area contributed by atoms with Crippen molar-refractivity contribution in [3.05, 3.63) is 0 Å². The summed E-state index contributed by atoms with van der Waals surface area (Å²) in [4.78, 5) is 25.3. The average molecular weight is 220 g/mol.